The number of likely N-dealkylation sites (tertiary alicyclic amines) is 1. The van der Waals surface area contributed by atoms with Crippen LogP contribution in [0.1, 0.15) is 28.5 Å². The fraction of sp³-hybridized carbons (Fsp3) is 0.385. The number of imide groups is 1. The molecule has 3 amide bonds. The number of furan rings is 1. The number of thioether (sulfide) groups is 1. The fourth-order valence-electron chi connectivity index (χ4n) is 7.14. The van der Waals surface area contributed by atoms with Gasteiger partial charge in [0.15, 0.2) is 0 Å². The maximum atomic E-state index is 13.6. The number of hydrogen-bond donors (Lipinski definition) is 2. The summed E-state index contributed by atoms with van der Waals surface area (Å²) in [6.07, 6.45) is -2.31. The zero-order valence-electron chi connectivity index (χ0n) is 19.9. The van der Waals surface area contributed by atoms with Gasteiger partial charge in [0.25, 0.3) is 0 Å². The molecule has 4 heterocycles. The highest BCUT2D eigenvalue weighted by atomic mass is 32.2. The van der Waals surface area contributed by atoms with E-state index in [0.717, 1.165) is 38.3 Å². The van der Waals surface area contributed by atoms with Crippen molar-refractivity contribution >= 4 is 46.5 Å². The van der Waals surface area contributed by atoms with E-state index in [1.807, 2.05) is 6.07 Å². The lowest BCUT2D eigenvalue weighted by molar-refractivity contribution is -0.143. The minimum absolute atomic E-state index is 0.0141. The van der Waals surface area contributed by atoms with Gasteiger partial charge in [-0.15, -0.1) is 11.8 Å². The summed E-state index contributed by atoms with van der Waals surface area (Å²) in [6, 6.07) is 7.83. The van der Waals surface area contributed by atoms with E-state index in [0.29, 0.717) is 12.2 Å². The maximum Gasteiger partial charge on any atom is 0.416 e. The first-order valence-electron chi connectivity index (χ1n) is 12.4. The number of amides is 3. The summed E-state index contributed by atoms with van der Waals surface area (Å²) in [4.78, 5) is 56.6. The molecule has 4 aliphatic rings. The Labute approximate surface area is 226 Å². The molecule has 2 N–H and O–H groups in total. The molecule has 202 valence electrons. The molecule has 7 atom stereocenters. The second kappa shape index (κ2) is 8.59. The van der Waals surface area contributed by atoms with E-state index in [-0.39, 0.29) is 39.5 Å². The van der Waals surface area contributed by atoms with Crippen LogP contribution in [0.4, 0.5) is 18.9 Å². The molecule has 2 bridgehead atoms. The van der Waals surface area contributed by atoms with Crippen molar-refractivity contribution in [1.29, 1.82) is 0 Å². The second-order valence-corrected chi connectivity index (χ2v) is 12.6. The number of nitrogens with zero attached hydrogens (tertiary/aromatic N) is 1. The Morgan fingerprint density at radius 3 is 2.59 bits per heavy atom. The van der Waals surface area contributed by atoms with E-state index < -0.39 is 47.8 Å². The fourth-order valence-corrected chi connectivity index (χ4v) is 10.0. The molecule has 0 spiro atoms. The van der Waals surface area contributed by atoms with Crippen LogP contribution in [-0.4, -0.2) is 39.4 Å². The predicted octanol–water partition coefficient (Wildman–Crippen LogP) is 4.16. The third-order valence-corrected chi connectivity index (χ3v) is 11.0. The molecular weight excluding hydrogens is 555 g/mol. The zero-order valence-corrected chi connectivity index (χ0v) is 21.6. The highest BCUT2D eigenvalue weighted by Crippen LogP contribution is 2.68. The maximum absolute atomic E-state index is 13.6. The van der Waals surface area contributed by atoms with Gasteiger partial charge >= 0.3 is 11.0 Å². The van der Waals surface area contributed by atoms with Gasteiger partial charge in [0, 0.05) is 10.9 Å². The number of carbonyl (C=O) groups is 3. The average Bonchev–Trinajstić information content (AvgIpc) is 3.69. The molecule has 8 nitrogen and oxygen atoms in total. The molecule has 1 saturated heterocycles. The van der Waals surface area contributed by atoms with E-state index >= 15 is 0 Å². The van der Waals surface area contributed by atoms with Crippen molar-refractivity contribution in [3.63, 3.8) is 0 Å². The minimum atomic E-state index is -4.57. The molecule has 2 aliphatic heterocycles. The number of benzene rings is 1. The van der Waals surface area contributed by atoms with E-state index in [2.05, 4.69) is 10.3 Å². The van der Waals surface area contributed by atoms with Crippen LogP contribution >= 0.6 is 23.1 Å². The molecule has 1 aromatic carbocycles. The number of anilines is 1. The number of aromatic amines is 1. The number of fused-ring (bicyclic) bond motifs is 9. The third kappa shape index (κ3) is 3.73. The van der Waals surface area contributed by atoms with Crippen LogP contribution in [0.25, 0.3) is 0 Å². The number of aromatic nitrogens is 1. The number of thiazole rings is 1. The van der Waals surface area contributed by atoms with Crippen LogP contribution in [0.5, 0.6) is 0 Å². The molecule has 3 aromatic rings. The standard InChI is InChI=1S/C26H20F3N3O5S2/c27-26(28,29)10-3-1-4-11(7-10)30-15(33)9-32-23(34)17-12-8-13(18(17)24(32)35)20-16(12)19(14-5-2-6-37-14)21-22(38-20)31-25(36)39-21/h1-7,12-13,16-20H,8-9H2,(H,30,33)(H,31,36)/t12?,13?,16?,17?,18?,19-,20?/m1/s1. The van der Waals surface area contributed by atoms with Crippen LogP contribution in [0.2, 0.25) is 0 Å². The van der Waals surface area contributed by atoms with Gasteiger partial charge in [-0.05, 0) is 54.5 Å². The van der Waals surface area contributed by atoms with Gasteiger partial charge in [0.2, 0.25) is 17.7 Å². The van der Waals surface area contributed by atoms with Crippen LogP contribution in [-0.2, 0) is 20.6 Å². The normalized spacial score (nSPS) is 30.8. The van der Waals surface area contributed by atoms with Gasteiger partial charge in [-0.25, -0.2) is 0 Å². The molecule has 2 aromatic heterocycles. The first kappa shape index (κ1) is 24.7. The van der Waals surface area contributed by atoms with Crippen LogP contribution in [0.3, 0.4) is 0 Å². The summed E-state index contributed by atoms with van der Waals surface area (Å²) in [5, 5.41) is 3.14. The summed E-state index contributed by atoms with van der Waals surface area (Å²) < 4.78 is 44.9. The van der Waals surface area contributed by atoms with Gasteiger partial charge < -0.3 is 14.7 Å². The number of H-pyrrole nitrogens is 1. The monoisotopic (exact) mass is 575 g/mol. The Kier molecular flexibility index (Phi) is 5.44. The molecule has 39 heavy (non-hydrogen) atoms. The van der Waals surface area contributed by atoms with Crippen molar-refractivity contribution in [2.75, 3.05) is 11.9 Å². The van der Waals surface area contributed by atoms with Crippen LogP contribution in [0.15, 0.2) is 56.9 Å². The van der Waals surface area contributed by atoms with Crippen molar-refractivity contribution in [2.24, 2.45) is 29.6 Å². The van der Waals surface area contributed by atoms with Gasteiger partial charge in [0.1, 0.15) is 12.3 Å². The Bertz CT molecular complexity index is 1560. The third-order valence-electron chi connectivity index (χ3n) is 8.44. The zero-order chi connectivity index (χ0) is 27.2. The number of carbonyl (C=O) groups excluding carboxylic acids is 3. The SMILES string of the molecule is O=C(CN1C(=O)C2C3CC(C2C1=O)C1C3Sc2[nH]c(=O)sc2[C@@H]1c1ccco1)Nc1cccc(C(F)(F)F)c1. The van der Waals surface area contributed by atoms with E-state index in [1.165, 1.54) is 12.1 Å². The van der Waals surface area contributed by atoms with Crippen molar-refractivity contribution in [3.8, 4) is 0 Å². The number of halogens is 3. The number of rotatable bonds is 4. The smallest absolute Gasteiger partial charge is 0.416 e. The van der Waals surface area contributed by atoms with Crippen molar-refractivity contribution < 1.29 is 32.0 Å². The highest BCUT2D eigenvalue weighted by Gasteiger charge is 2.69. The number of alkyl halides is 3. The Morgan fingerprint density at radius 2 is 1.87 bits per heavy atom. The molecule has 2 saturated carbocycles. The Morgan fingerprint density at radius 1 is 1.10 bits per heavy atom. The van der Waals surface area contributed by atoms with Crippen molar-refractivity contribution in [2.45, 2.75) is 28.8 Å². The topological polar surface area (TPSA) is 112 Å². The quantitative estimate of drug-likeness (QED) is 0.452. The first-order chi connectivity index (χ1) is 18.6. The van der Waals surface area contributed by atoms with Gasteiger partial charge in [0.05, 0.1) is 39.5 Å². The van der Waals surface area contributed by atoms with E-state index in [9.17, 15) is 32.3 Å². The average molecular weight is 576 g/mol. The molecule has 0 radical (unpaired) electrons. The van der Waals surface area contributed by atoms with Crippen molar-refractivity contribution in [3.05, 3.63) is 68.5 Å². The predicted molar refractivity (Wildman–Crippen MR) is 134 cm³/mol. The largest absolute Gasteiger partial charge is 0.469 e. The van der Waals surface area contributed by atoms with Crippen LogP contribution < -0.4 is 10.2 Å². The lowest BCUT2D eigenvalue weighted by Crippen LogP contribution is -2.42. The Hall–Kier alpha value is -3.32. The van der Waals surface area contributed by atoms with Crippen LogP contribution in [0, 0.1) is 29.6 Å². The lowest BCUT2D eigenvalue weighted by atomic mass is 9.69. The van der Waals surface area contributed by atoms with Gasteiger partial charge in [-0.3, -0.25) is 24.1 Å². The summed E-state index contributed by atoms with van der Waals surface area (Å²) in [5.41, 5.74) is -0.987. The summed E-state index contributed by atoms with van der Waals surface area (Å²) in [6.45, 7) is -0.564. The van der Waals surface area contributed by atoms with Crippen molar-refractivity contribution in [1.82, 2.24) is 9.88 Å². The second-order valence-electron chi connectivity index (χ2n) is 10.4. The molecule has 13 heteroatoms. The van der Waals surface area contributed by atoms with E-state index in [4.69, 9.17) is 4.42 Å². The molecule has 6 unspecified atom stereocenters. The molecule has 3 fully saturated rings. The number of nitrogens with one attached hydrogen (secondary N) is 2. The minimum Gasteiger partial charge on any atom is -0.469 e. The first-order valence-corrected chi connectivity index (χ1v) is 14.1. The molecule has 7 rings (SSSR count). The Balaban J connectivity index is 1.14. The highest BCUT2D eigenvalue weighted by molar-refractivity contribution is 8.00. The van der Waals surface area contributed by atoms with Gasteiger partial charge in [-0.1, -0.05) is 17.4 Å². The van der Waals surface area contributed by atoms with E-state index in [1.54, 1.807) is 24.1 Å². The van der Waals surface area contributed by atoms with Gasteiger partial charge in [-0.2, -0.15) is 13.2 Å². The number of hydrogen-bond acceptors (Lipinski definition) is 7. The molecular formula is C26H20F3N3O5S2. The summed E-state index contributed by atoms with van der Waals surface area (Å²) >= 11 is 2.68. The summed E-state index contributed by atoms with van der Waals surface area (Å²) in [5.74, 6) is -2.53. The summed E-state index contributed by atoms with van der Waals surface area (Å²) in [7, 11) is 0. The lowest BCUT2D eigenvalue weighted by Gasteiger charge is -2.42. The molecule has 2 aliphatic carbocycles.